The number of pyridine rings is 1. The van der Waals surface area contributed by atoms with Crippen LogP contribution < -0.4 is 10.5 Å². The molecular formula is C13H14N2OS. The van der Waals surface area contributed by atoms with E-state index in [1.54, 1.807) is 0 Å². The number of aryl methyl sites for hydroxylation is 1. The van der Waals surface area contributed by atoms with Crippen molar-refractivity contribution in [2.24, 2.45) is 5.73 Å². The second-order valence-corrected chi connectivity index (χ2v) is 4.37. The van der Waals surface area contributed by atoms with Crippen molar-refractivity contribution in [2.75, 3.05) is 6.61 Å². The molecule has 1 heterocycles. The van der Waals surface area contributed by atoms with Crippen LogP contribution in [0.5, 0.6) is 5.75 Å². The summed E-state index contributed by atoms with van der Waals surface area (Å²) in [5, 5.41) is 1.07. The molecule has 2 aromatic rings. The Morgan fingerprint density at radius 1 is 1.35 bits per heavy atom. The molecule has 2 rings (SSSR count). The highest BCUT2D eigenvalue weighted by Crippen LogP contribution is 2.23. The Balaban J connectivity index is 2.27. The summed E-state index contributed by atoms with van der Waals surface area (Å²) in [4.78, 5) is 4.95. The third-order valence-electron chi connectivity index (χ3n) is 2.43. The van der Waals surface area contributed by atoms with Gasteiger partial charge in [-0.05, 0) is 19.1 Å². The highest BCUT2D eigenvalue weighted by molar-refractivity contribution is 7.80. The summed E-state index contributed by atoms with van der Waals surface area (Å²) < 4.78 is 5.66. The van der Waals surface area contributed by atoms with Crippen molar-refractivity contribution in [3.63, 3.8) is 0 Å². The van der Waals surface area contributed by atoms with Gasteiger partial charge in [0.15, 0.2) is 0 Å². The van der Waals surface area contributed by atoms with E-state index in [-0.39, 0.29) is 0 Å². The molecule has 1 aromatic carbocycles. The van der Waals surface area contributed by atoms with E-state index in [2.05, 4.69) is 4.98 Å². The summed E-state index contributed by atoms with van der Waals surface area (Å²) in [5.41, 5.74) is 7.29. The van der Waals surface area contributed by atoms with Crippen LogP contribution in [0.25, 0.3) is 10.9 Å². The first kappa shape index (κ1) is 11.8. The number of hydrogen-bond donors (Lipinski definition) is 1. The number of fused-ring (bicyclic) bond motifs is 1. The molecule has 0 aliphatic rings. The molecule has 0 aliphatic carbocycles. The molecule has 17 heavy (non-hydrogen) atoms. The molecule has 0 fully saturated rings. The maximum Gasteiger partial charge on any atom is 0.145 e. The first-order chi connectivity index (χ1) is 8.16. The van der Waals surface area contributed by atoms with Gasteiger partial charge in [0.1, 0.15) is 11.3 Å². The SMILES string of the molecule is Cc1ccc2cccc(OCCC(N)=S)c2n1. The molecule has 0 atom stereocenters. The standard InChI is InChI=1S/C13H14N2OS/c1-9-5-6-10-3-2-4-11(13(10)15-9)16-8-7-12(14)17/h2-6H,7-8H2,1H3,(H2,14,17). The van der Waals surface area contributed by atoms with Crippen LogP contribution in [0.4, 0.5) is 0 Å². The first-order valence-electron chi connectivity index (χ1n) is 5.44. The lowest BCUT2D eigenvalue weighted by molar-refractivity contribution is 0.333. The van der Waals surface area contributed by atoms with Gasteiger partial charge in [-0.1, -0.05) is 30.4 Å². The molecule has 1 aromatic heterocycles. The molecule has 4 heteroatoms. The average molecular weight is 246 g/mol. The molecule has 0 unspecified atom stereocenters. The van der Waals surface area contributed by atoms with Crippen LogP contribution in [0.1, 0.15) is 12.1 Å². The second kappa shape index (κ2) is 5.10. The van der Waals surface area contributed by atoms with Crippen molar-refractivity contribution >= 4 is 28.1 Å². The Bertz CT molecular complexity index is 554. The van der Waals surface area contributed by atoms with Crippen LogP contribution in [-0.2, 0) is 0 Å². The molecule has 0 radical (unpaired) electrons. The zero-order chi connectivity index (χ0) is 12.3. The van der Waals surface area contributed by atoms with Gasteiger partial charge in [-0.15, -0.1) is 0 Å². The van der Waals surface area contributed by atoms with Crippen molar-refractivity contribution in [1.82, 2.24) is 4.98 Å². The lowest BCUT2D eigenvalue weighted by atomic mass is 10.2. The lowest BCUT2D eigenvalue weighted by Crippen LogP contribution is -2.12. The van der Waals surface area contributed by atoms with Crippen molar-refractivity contribution in [2.45, 2.75) is 13.3 Å². The van der Waals surface area contributed by atoms with Crippen molar-refractivity contribution in [3.05, 3.63) is 36.0 Å². The number of para-hydroxylation sites is 1. The summed E-state index contributed by atoms with van der Waals surface area (Å²) in [6.45, 7) is 2.45. The predicted molar refractivity (Wildman–Crippen MR) is 73.4 cm³/mol. The summed E-state index contributed by atoms with van der Waals surface area (Å²) in [6, 6.07) is 9.91. The van der Waals surface area contributed by atoms with Crippen molar-refractivity contribution in [1.29, 1.82) is 0 Å². The number of hydrogen-bond acceptors (Lipinski definition) is 3. The Labute approximate surface area is 106 Å². The lowest BCUT2D eigenvalue weighted by Gasteiger charge is -2.08. The maximum absolute atomic E-state index is 5.66. The number of aromatic nitrogens is 1. The minimum Gasteiger partial charge on any atom is -0.491 e. The van der Waals surface area contributed by atoms with Gasteiger partial charge in [0.05, 0.1) is 11.6 Å². The molecule has 0 saturated carbocycles. The van der Waals surface area contributed by atoms with Crippen molar-refractivity contribution in [3.8, 4) is 5.75 Å². The number of rotatable bonds is 4. The van der Waals surface area contributed by atoms with Crippen LogP contribution in [0.15, 0.2) is 30.3 Å². The van der Waals surface area contributed by atoms with E-state index in [4.69, 9.17) is 22.7 Å². The maximum atomic E-state index is 5.66. The Hall–Kier alpha value is -1.68. The van der Waals surface area contributed by atoms with E-state index in [0.29, 0.717) is 18.0 Å². The van der Waals surface area contributed by atoms with Gasteiger partial charge in [-0.3, -0.25) is 0 Å². The zero-order valence-corrected chi connectivity index (χ0v) is 10.5. The summed E-state index contributed by atoms with van der Waals surface area (Å²) in [7, 11) is 0. The fourth-order valence-corrected chi connectivity index (χ4v) is 1.68. The summed E-state index contributed by atoms with van der Waals surface area (Å²) >= 11 is 4.81. The smallest absolute Gasteiger partial charge is 0.145 e. The number of nitrogens with two attached hydrogens (primary N) is 1. The highest BCUT2D eigenvalue weighted by atomic mass is 32.1. The minimum absolute atomic E-state index is 0.467. The van der Waals surface area contributed by atoms with Gasteiger partial charge in [0, 0.05) is 17.5 Å². The van der Waals surface area contributed by atoms with Gasteiger partial charge in [-0.25, -0.2) is 4.98 Å². The Kier molecular flexibility index (Phi) is 3.54. The van der Waals surface area contributed by atoms with Gasteiger partial charge < -0.3 is 10.5 Å². The zero-order valence-electron chi connectivity index (χ0n) is 9.64. The monoisotopic (exact) mass is 246 g/mol. The third-order valence-corrected chi connectivity index (χ3v) is 2.63. The van der Waals surface area contributed by atoms with E-state index < -0.39 is 0 Å². The normalized spacial score (nSPS) is 10.4. The van der Waals surface area contributed by atoms with Crippen LogP contribution in [0, 0.1) is 6.92 Å². The fraction of sp³-hybridized carbons (Fsp3) is 0.231. The highest BCUT2D eigenvalue weighted by Gasteiger charge is 2.03. The third kappa shape index (κ3) is 2.91. The molecule has 0 saturated heterocycles. The average Bonchev–Trinajstić information content (AvgIpc) is 2.29. The van der Waals surface area contributed by atoms with Gasteiger partial charge >= 0.3 is 0 Å². The Morgan fingerprint density at radius 3 is 2.94 bits per heavy atom. The van der Waals surface area contributed by atoms with Gasteiger partial charge in [-0.2, -0.15) is 0 Å². The molecule has 0 spiro atoms. The number of nitrogens with zero attached hydrogens (tertiary/aromatic N) is 1. The fourth-order valence-electron chi connectivity index (χ4n) is 1.60. The van der Waals surface area contributed by atoms with Gasteiger partial charge in [0.2, 0.25) is 0 Å². The van der Waals surface area contributed by atoms with Crippen LogP contribution in [0.2, 0.25) is 0 Å². The molecule has 0 bridgehead atoms. The molecule has 0 aliphatic heterocycles. The van der Waals surface area contributed by atoms with Crippen molar-refractivity contribution < 1.29 is 4.74 Å². The number of thiocarbonyl (C=S) groups is 1. The minimum atomic E-state index is 0.467. The largest absolute Gasteiger partial charge is 0.491 e. The summed E-state index contributed by atoms with van der Waals surface area (Å²) in [6.07, 6.45) is 0.581. The summed E-state index contributed by atoms with van der Waals surface area (Å²) in [5.74, 6) is 0.780. The Morgan fingerprint density at radius 2 is 2.18 bits per heavy atom. The van der Waals surface area contributed by atoms with Crippen LogP contribution in [0.3, 0.4) is 0 Å². The number of ether oxygens (including phenoxy) is 1. The van der Waals surface area contributed by atoms with E-state index >= 15 is 0 Å². The second-order valence-electron chi connectivity index (χ2n) is 3.85. The molecule has 2 N–H and O–H groups in total. The quantitative estimate of drug-likeness (QED) is 0.842. The topological polar surface area (TPSA) is 48.1 Å². The van der Waals surface area contributed by atoms with E-state index in [1.165, 1.54) is 0 Å². The first-order valence-corrected chi connectivity index (χ1v) is 5.85. The molecule has 3 nitrogen and oxygen atoms in total. The predicted octanol–water partition coefficient (Wildman–Crippen LogP) is 2.60. The van der Waals surface area contributed by atoms with E-state index in [0.717, 1.165) is 22.3 Å². The van der Waals surface area contributed by atoms with E-state index in [9.17, 15) is 0 Å². The van der Waals surface area contributed by atoms with Crippen LogP contribution >= 0.6 is 12.2 Å². The molecule has 88 valence electrons. The van der Waals surface area contributed by atoms with Crippen LogP contribution in [-0.4, -0.2) is 16.6 Å². The van der Waals surface area contributed by atoms with E-state index in [1.807, 2.05) is 37.3 Å². The van der Waals surface area contributed by atoms with Gasteiger partial charge in [0.25, 0.3) is 0 Å². The molecular weight excluding hydrogens is 232 g/mol. The molecule has 0 amide bonds. The number of benzene rings is 1.